The minimum absolute atomic E-state index is 0.229. The molecular weight excluding hydrogens is 302 g/mol. The largest absolute Gasteiger partial charge is 0.491 e. The molecule has 0 saturated heterocycles. The Balaban J connectivity index is 1.71. The summed E-state index contributed by atoms with van der Waals surface area (Å²) in [5.74, 6) is 0.105. The molecule has 2 amide bonds. The van der Waals surface area contributed by atoms with Crippen molar-refractivity contribution in [1.29, 1.82) is 0 Å². The molecule has 0 N–H and O–H groups in total. The third kappa shape index (κ3) is 2.57. The second kappa shape index (κ2) is 5.81. The van der Waals surface area contributed by atoms with Gasteiger partial charge in [0.15, 0.2) is 0 Å². The molecule has 1 atom stereocenters. The molecular formula is C17H14ClNO3. The molecule has 22 heavy (non-hydrogen) atoms. The van der Waals surface area contributed by atoms with Gasteiger partial charge in [-0.05, 0) is 43.3 Å². The molecule has 112 valence electrons. The summed E-state index contributed by atoms with van der Waals surface area (Å²) in [5, 5.41) is 0.626. The summed E-state index contributed by atoms with van der Waals surface area (Å²) in [7, 11) is 0. The Kier molecular flexibility index (Phi) is 3.86. The summed E-state index contributed by atoms with van der Waals surface area (Å²) in [6, 6.07) is 13.4. The molecule has 0 spiro atoms. The second-order valence-electron chi connectivity index (χ2n) is 5.14. The lowest BCUT2D eigenvalue weighted by molar-refractivity contribution is 0.0551. The van der Waals surface area contributed by atoms with E-state index in [1.165, 1.54) is 4.90 Å². The van der Waals surface area contributed by atoms with Crippen LogP contribution in [0.5, 0.6) is 5.75 Å². The van der Waals surface area contributed by atoms with E-state index in [9.17, 15) is 9.59 Å². The number of benzene rings is 2. The minimum atomic E-state index is -0.358. The lowest BCUT2D eigenvalue weighted by atomic mass is 10.1. The number of fused-ring (bicyclic) bond motifs is 1. The maximum Gasteiger partial charge on any atom is 0.261 e. The summed E-state index contributed by atoms with van der Waals surface area (Å²) in [6.45, 7) is 2.02. The Morgan fingerprint density at radius 3 is 2.09 bits per heavy atom. The van der Waals surface area contributed by atoms with Gasteiger partial charge in [0.25, 0.3) is 11.8 Å². The maximum atomic E-state index is 12.3. The third-order valence-corrected chi connectivity index (χ3v) is 3.82. The van der Waals surface area contributed by atoms with Crippen LogP contribution < -0.4 is 4.74 Å². The quantitative estimate of drug-likeness (QED) is 0.812. The van der Waals surface area contributed by atoms with E-state index in [0.29, 0.717) is 21.9 Å². The van der Waals surface area contributed by atoms with Crippen LogP contribution in [0.1, 0.15) is 27.6 Å². The molecule has 0 aliphatic carbocycles. The van der Waals surface area contributed by atoms with Crippen LogP contribution in [0.2, 0.25) is 5.02 Å². The fourth-order valence-electron chi connectivity index (χ4n) is 2.43. The number of carbonyl (C=O) groups is 2. The molecule has 1 heterocycles. The first-order chi connectivity index (χ1) is 10.6. The fraction of sp³-hybridized carbons (Fsp3) is 0.176. The molecule has 0 saturated carbocycles. The summed E-state index contributed by atoms with van der Waals surface area (Å²) in [6.07, 6.45) is 0. The van der Waals surface area contributed by atoms with E-state index in [2.05, 4.69) is 0 Å². The molecule has 3 rings (SSSR count). The van der Waals surface area contributed by atoms with Crippen LogP contribution in [-0.2, 0) is 0 Å². The monoisotopic (exact) mass is 315 g/mol. The summed E-state index contributed by atoms with van der Waals surface area (Å²) >= 11 is 5.81. The highest BCUT2D eigenvalue weighted by Crippen LogP contribution is 2.25. The Bertz CT molecular complexity index is 692. The van der Waals surface area contributed by atoms with Crippen LogP contribution in [0.15, 0.2) is 48.5 Å². The van der Waals surface area contributed by atoms with Gasteiger partial charge in [-0.1, -0.05) is 23.7 Å². The standard InChI is InChI=1S/C17H14ClNO3/c1-11(10-22-13-8-6-12(18)7-9-13)19-16(20)14-4-2-3-5-15(14)17(19)21/h2-9,11H,10H2,1H3/t11-/m1/s1. The van der Waals surface area contributed by atoms with E-state index >= 15 is 0 Å². The number of ether oxygens (including phenoxy) is 1. The van der Waals surface area contributed by atoms with Crippen LogP contribution in [0, 0.1) is 0 Å². The van der Waals surface area contributed by atoms with Gasteiger partial charge in [-0.25, -0.2) is 0 Å². The van der Waals surface area contributed by atoms with Crippen molar-refractivity contribution < 1.29 is 14.3 Å². The van der Waals surface area contributed by atoms with Gasteiger partial charge in [0.1, 0.15) is 12.4 Å². The SMILES string of the molecule is C[C@H](COc1ccc(Cl)cc1)N1C(=O)c2ccccc2C1=O. The van der Waals surface area contributed by atoms with Crippen LogP contribution in [-0.4, -0.2) is 29.4 Å². The highest BCUT2D eigenvalue weighted by Gasteiger charge is 2.38. The van der Waals surface area contributed by atoms with Crippen LogP contribution in [0.4, 0.5) is 0 Å². The van der Waals surface area contributed by atoms with Crippen molar-refractivity contribution in [2.75, 3.05) is 6.61 Å². The number of hydrogen-bond acceptors (Lipinski definition) is 3. The second-order valence-corrected chi connectivity index (χ2v) is 5.58. The van der Waals surface area contributed by atoms with Gasteiger partial charge < -0.3 is 4.74 Å². The smallest absolute Gasteiger partial charge is 0.261 e. The highest BCUT2D eigenvalue weighted by molar-refractivity contribution is 6.30. The number of carbonyl (C=O) groups excluding carboxylic acids is 2. The molecule has 2 aromatic carbocycles. The van der Waals surface area contributed by atoms with Gasteiger partial charge in [-0.3, -0.25) is 14.5 Å². The summed E-state index contributed by atoms with van der Waals surface area (Å²) in [5.41, 5.74) is 0.900. The Morgan fingerprint density at radius 1 is 1.00 bits per heavy atom. The first kappa shape index (κ1) is 14.6. The third-order valence-electron chi connectivity index (χ3n) is 3.57. The topological polar surface area (TPSA) is 46.6 Å². The molecule has 0 bridgehead atoms. The van der Waals surface area contributed by atoms with Gasteiger partial charge in [0.2, 0.25) is 0 Å². The van der Waals surface area contributed by atoms with Gasteiger partial charge in [0, 0.05) is 5.02 Å². The molecule has 5 heteroatoms. The van der Waals surface area contributed by atoms with Crippen molar-refractivity contribution in [3.8, 4) is 5.75 Å². The van der Waals surface area contributed by atoms with Crippen molar-refractivity contribution >= 4 is 23.4 Å². The molecule has 0 radical (unpaired) electrons. The van der Waals surface area contributed by atoms with E-state index in [0.717, 1.165) is 0 Å². The minimum Gasteiger partial charge on any atom is -0.491 e. The first-order valence-corrected chi connectivity index (χ1v) is 7.31. The fourth-order valence-corrected chi connectivity index (χ4v) is 2.56. The highest BCUT2D eigenvalue weighted by atomic mass is 35.5. The van der Waals surface area contributed by atoms with Crippen molar-refractivity contribution in [2.24, 2.45) is 0 Å². The molecule has 1 aliphatic heterocycles. The number of rotatable bonds is 4. The number of imide groups is 1. The predicted molar refractivity (Wildman–Crippen MR) is 83.4 cm³/mol. The molecule has 1 aliphatic rings. The van der Waals surface area contributed by atoms with E-state index in [4.69, 9.17) is 16.3 Å². The zero-order valence-electron chi connectivity index (χ0n) is 12.0. The van der Waals surface area contributed by atoms with Crippen molar-refractivity contribution in [2.45, 2.75) is 13.0 Å². The van der Waals surface area contributed by atoms with Crippen molar-refractivity contribution in [1.82, 2.24) is 4.90 Å². The van der Waals surface area contributed by atoms with E-state index in [-0.39, 0.29) is 24.5 Å². The van der Waals surface area contributed by atoms with E-state index in [1.807, 2.05) is 0 Å². The zero-order valence-corrected chi connectivity index (χ0v) is 12.7. The van der Waals surface area contributed by atoms with Gasteiger partial charge in [0.05, 0.1) is 17.2 Å². The Labute approximate surface area is 133 Å². The number of amides is 2. The van der Waals surface area contributed by atoms with Crippen LogP contribution >= 0.6 is 11.6 Å². The Hall–Kier alpha value is -2.33. The average Bonchev–Trinajstić information content (AvgIpc) is 2.79. The van der Waals surface area contributed by atoms with Crippen LogP contribution in [0.3, 0.4) is 0 Å². The first-order valence-electron chi connectivity index (χ1n) is 6.93. The number of nitrogens with zero attached hydrogens (tertiary/aromatic N) is 1. The van der Waals surface area contributed by atoms with Crippen molar-refractivity contribution in [3.63, 3.8) is 0 Å². The predicted octanol–water partition coefficient (Wildman–Crippen LogP) is 3.40. The number of halogens is 1. The number of hydrogen-bond donors (Lipinski definition) is 0. The molecule has 2 aromatic rings. The Morgan fingerprint density at radius 2 is 1.55 bits per heavy atom. The summed E-state index contributed by atoms with van der Waals surface area (Å²) < 4.78 is 5.63. The van der Waals surface area contributed by atoms with E-state index < -0.39 is 0 Å². The van der Waals surface area contributed by atoms with Gasteiger partial charge >= 0.3 is 0 Å². The summed E-state index contributed by atoms with van der Waals surface area (Å²) in [4.78, 5) is 25.9. The molecule has 0 aromatic heterocycles. The molecule has 0 unspecified atom stereocenters. The lowest BCUT2D eigenvalue weighted by Gasteiger charge is -2.22. The molecule has 4 nitrogen and oxygen atoms in total. The van der Waals surface area contributed by atoms with Crippen LogP contribution in [0.25, 0.3) is 0 Å². The zero-order chi connectivity index (χ0) is 15.7. The normalized spacial score (nSPS) is 14.9. The lowest BCUT2D eigenvalue weighted by Crippen LogP contribution is -2.41. The van der Waals surface area contributed by atoms with Crippen molar-refractivity contribution in [3.05, 3.63) is 64.7 Å². The molecule has 0 fully saturated rings. The van der Waals surface area contributed by atoms with E-state index in [1.54, 1.807) is 55.5 Å². The maximum absolute atomic E-state index is 12.3. The average molecular weight is 316 g/mol. The van der Waals surface area contributed by atoms with Gasteiger partial charge in [-0.2, -0.15) is 0 Å². The van der Waals surface area contributed by atoms with Gasteiger partial charge in [-0.15, -0.1) is 0 Å².